The number of nitrogens with one attached hydrogen (secondary N) is 1. The molecule has 0 unspecified atom stereocenters. The Morgan fingerprint density at radius 1 is 1.06 bits per heavy atom. The van der Waals surface area contributed by atoms with Crippen molar-refractivity contribution in [2.75, 3.05) is 5.32 Å². The molecule has 1 heterocycles. The van der Waals surface area contributed by atoms with E-state index < -0.39 is 0 Å². The minimum atomic E-state index is 0.852. The van der Waals surface area contributed by atoms with Crippen LogP contribution in [0.5, 0.6) is 0 Å². The van der Waals surface area contributed by atoms with E-state index in [2.05, 4.69) is 52.8 Å². The van der Waals surface area contributed by atoms with Gasteiger partial charge in [-0.1, -0.05) is 30.3 Å². The summed E-state index contributed by atoms with van der Waals surface area (Å²) in [7, 11) is 0. The molecule has 0 spiro atoms. The van der Waals surface area contributed by atoms with Crippen LogP contribution >= 0.6 is 11.3 Å². The van der Waals surface area contributed by atoms with Crippen LogP contribution in [0, 0.1) is 0 Å². The Morgan fingerprint density at radius 2 is 1.94 bits per heavy atom. The van der Waals surface area contributed by atoms with Crippen LogP contribution in [0.3, 0.4) is 0 Å². The molecule has 84 valence electrons. The van der Waals surface area contributed by atoms with Gasteiger partial charge in [-0.15, -0.1) is 11.3 Å². The van der Waals surface area contributed by atoms with Gasteiger partial charge in [0.05, 0.1) is 15.7 Å². The van der Waals surface area contributed by atoms with E-state index in [9.17, 15) is 0 Å². The first-order valence-corrected chi connectivity index (χ1v) is 6.41. The first-order valence-electron chi connectivity index (χ1n) is 5.53. The zero-order valence-corrected chi connectivity index (χ0v) is 10.1. The maximum absolute atomic E-state index is 4.27. The van der Waals surface area contributed by atoms with Crippen LogP contribution in [0.25, 0.3) is 10.2 Å². The lowest BCUT2D eigenvalue weighted by molar-refractivity contribution is 1.15. The number of nitrogens with zero attached hydrogens (tertiary/aromatic N) is 1. The summed E-state index contributed by atoms with van der Waals surface area (Å²) in [5.74, 6) is 0. The van der Waals surface area contributed by atoms with Crippen LogP contribution in [0.15, 0.2) is 54.0 Å². The highest BCUT2D eigenvalue weighted by Gasteiger charge is 1.98. The maximum Gasteiger partial charge on any atom is 0.0813 e. The van der Waals surface area contributed by atoms with Crippen molar-refractivity contribution < 1.29 is 0 Å². The molecule has 3 rings (SSSR count). The number of hydrogen-bond acceptors (Lipinski definition) is 3. The highest BCUT2D eigenvalue weighted by atomic mass is 32.1. The first-order chi connectivity index (χ1) is 8.42. The summed E-state index contributed by atoms with van der Waals surface area (Å²) in [4.78, 5) is 4.27. The molecule has 0 fully saturated rings. The van der Waals surface area contributed by atoms with Crippen LogP contribution in [0.4, 0.5) is 5.69 Å². The van der Waals surface area contributed by atoms with Gasteiger partial charge >= 0.3 is 0 Å². The molecular formula is C14H12N2S. The molecule has 0 saturated heterocycles. The quantitative estimate of drug-likeness (QED) is 0.750. The largest absolute Gasteiger partial charge is 0.381 e. The summed E-state index contributed by atoms with van der Waals surface area (Å²) in [6.07, 6.45) is 0. The van der Waals surface area contributed by atoms with Crippen LogP contribution in [-0.4, -0.2) is 4.98 Å². The van der Waals surface area contributed by atoms with Crippen LogP contribution < -0.4 is 5.32 Å². The Balaban J connectivity index is 1.76. The van der Waals surface area contributed by atoms with Gasteiger partial charge < -0.3 is 5.32 Å². The molecule has 2 aromatic carbocycles. The molecule has 17 heavy (non-hydrogen) atoms. The standard InChI is InChI=1S/C14H12N2S/c1-2-4-11(5-3-1)9-15-12-6-7-13-14(8-12)17-10-16-13/h1-8,10,15H,9H2. The number of thiazole rings is 1. The Kier molecular flexibility index (Phi) is 2.76. The van der Waals surface area contributed by atoms with Gasteiger partial charge in [0, 0.05) is 12.2 Å². The number of benzene rings is 2. The molecule has 3 aromatic rings. The number of aromatic nitrogens is 1. The summed E-state index contributed by atoms with van der Waals surface area (Å²) in [6, 6.07) is 16.7. The summed E-state index contributed by atoms with van der Waals surface area (Å²) in [5.41, 5.74) is 5.38. The summed E-state index contributed by atoms with van der Waals surface area (Å²) in [6.45, 7) is 0.852. The fourth-order valence-corrected chi connectivity index (χ4v) is 2.48. The van der Waals surface area contributed by atoms with Crippen LogP contribution in [0.1, 0.15) is 5.56 Å². The van der Waals surface area contributed by atoms with Gasteiger partial charge in [0.15, 0.2) is 0 Å². The molecule has 0 saturated carbocycles. The van der Waals surface area contributed by atoms with Crippen LogP contribution in [-0.2, 0) is 6.54 Å². The third-order valence-electron chi connectivity index (χ3n) is 2.67. The molecule has 3 heteroatoms. The number of anilines is 1. The second-order valence-electron chi connectivity index (χ2n) is 3.87. The van der Waals surface area contributed by atoms with Gasteiger partial charge in [-0.25, -0.2) is 4.98 Å². The number of fused-ring (bicyclic) bond motifs is 1. The van der Waals surface area contributed by atoms with Crippen molar-refractivity contribution in [3.05, 3.63) is 59.6 Å². The lowest BCUT2D eigenvalue weighted by Crippen LogP contribution is -1.98. The zero-order chi connectivity index (χ0) is 11.5. The van der Waals surface area contributed by atoms with Crippen molar-refractivity contribution in [2.45, 2.75) is 6.54 Å². The molecule has 0 radical (unpaired) electrons. The third-order valence-corrected chi connectivity index (χ3v) is 3.46. The Morgan fingerprint density at radius 3 is 2.82 bits per heavy atom. The highest BCUT2D eigenvalue weighted by molar-refractivity contribution is 7.16. The Labute approximate surface area is 104 Å². The van der Waals surface area contributed by atoms with Crippen molar-refractivity contribution >= 4 is 27.2 Å². The summed E-state index contributed by atoms with van der Waals surface area (Å²) in [5, 5.41) is 3.42. The normalized spacial score (nSPS) is 10.6. The molecule has 0 aliphatic rings. The SMILES string of the molecule is c1ccc(CNc2ccc3ncsc3c2)cc1. The van der Waals surface area contributed by atoms with Gasteiger partial charge in [0.1, 0.15) is 0 Å². The predicted molar refractivity (Wildman–Crippen MR) is 73.4 cm³/mol. The average molecular weight is 240 g/mol. The Hall–Kier alpha value is -1.87. The summed E-state index contributed by atoms with van der Waals surface area (Å²) >= 11 is 1.67. The second-order valence-corrected chi connectivity index (χ2v) is 4.76. The van der Waals surface area contributed by atoms with E-state index in [1.54, 1.807) is 11.3 Å². The fourth-order valence-electron chi connectivity index (χ4n) is 1.77. The zero-order valence-electron chi connectivity index (χ0n) is 9.26. The minimum absolute atomic E-state index is 0.852. The minimum Gasteiger partial charge on any atom is -0.381 e. The topological polar surface area (TPSA) is 24.9 Å². The Bertz CT molecular complexity index is 616. The van der Waals surface area contributed by atoms with E-state index in [0.29, 0.717) is 0 Å². The van der Waals surface area contributed by atoms with E-state index in [1.165, 1.54) is 10.3 Å². The van der Waals surface area contributed by atoms with E-state index in [-0.39, 0.29) is 0 Å². The van der Waals surface area contributed by atoms with Gasteiger partial charge in [-0.2, -0.15) is 0 Å². The molecule has 1 aromatic heterocycles. The molecule has 0 amide bonds. The molecule has 0 atom stereocenters. The number of rotatable bonds is 3. The fraction of sp³-hybridized carbons (Fsp3) is 0.0714. The number of hydrogen-bond donors (Lipinski definition) is 1. The molecule has 2 nitrogen and oxygen atoms in total. The van der Waals surface area contributed by atoms with Gasteiger partial charge in [-0.3, -0.25) is 0 Å². The van der Waals surface area contributed by atoms with Crippen molar-refractivity contribution in [3.8, 4) is 0 Å². The smallest absolute Gasteiger partial charge is 0.0813 e. The van der Waals surface area contributed by atoms with Crippen molar-refractivity contribution in [2.24, 2.45) is 0 Å². The van der Waals surface area contributed by atoms with Gasteiger partial charge in [0.2, 0.25) is 0 Å². The molecule has 1 N–H and O–H groups in total. The van der Waals surface area contributed by atoms with Gasteiger partial charge in [-0.05, 0) is 23.8 Å². The lowest BCUT2D eigenvalue weighted by atomic mass is 10.2. The van der Waals surface area contributed by atoms with Crippen molar-refractivity contribution in [3.63, 3.8) is 0 Å². The monoisotopic (exact) mass is 240 g/mol. The average Bonchev–Trinajstić information content (AvgIpc) is 2.85. The van der Waals surface area contributed by atoms with Crippen molar-refractivity contribution in [1.29, 1.82) is 0 Å². The van der Waals surface area contributed by atoms with Crippen molar-refractivity contribution in [1.82, 2.24) is 4.98 Å². The van der Waals surface area contributed by atoms with E-state index in [4.69, 9.17) is 0 Å². The van der Waals surface area contributed by atoms with E-state index >= 15 is 0 Å². The maximum atomic E-state index is 4.27. The molecule has 0 aliphatic carbocycles. The molecule has 0 bridgehead atoms. The van der Waals surface area contributed by atoms with E-state index in [0.717, 1.165) is 17.7 Å². The summed E-state index contributed by atoms with van der Waals surface area (Å²) < 4.78 is 1.23. The first kappa shape index (κ1) is 10.3. The highest BCUT2D eigenvalue weighted by Crippen LogP contribution is 2.22. The predicted octanol–water partition coefficient (Wildman–Crippen LogP) is 3.91. The lowest BCUT2D eigenvalue weighted by Gasteiger charge is -2.06. The molecular weight excluding hydrogens is 228 g/mol. The van der Waals surface area contributed by atoms with E-state index in [1.807, 2.05) is 11.6 Å². The van der Waals surface area contributed by atoms with Gasteiger partial charge in [0.25, 0.3) is 0 Å². The second kappa shape index (κ2) is 4.55. The molecule has 0 aliphatic heterocycles. The third kappa shape index (κ3) is 2.29. The van der Waals surface area contributed by atoms with Crippen LogP contribution in [0.2, 0.25) is 0 Å².